The summed E-state index contributed by atoms with van der Waals surface area (Å²) in [5, 5.41) is 0. The summed E-state index contributed by atoms with van der Waals surface area (Å²) >= 11 is 0. The van der Waals surface area contributed by atoms with Crippen molar-refractivity contribution in [2.45, 2.75) is 374 Å². The van der Waals surface area contributed by atoms with E-state index >= 15 is 0 Å². The van der Waals surface area contributed by atoms with Gasteiger partial charge in [0.1, 0.15) is 13.2 Å². The van der Waals surface area contributed by atoms with Gasteiger partial charge in [0.2, 0.25) is 0 Å². The first-order chi connectivity index (χ1) is 40.0. The van der Waals surface area contributed by atoms with E-state index in [2.05, 4.69) is 93.7 Å². The summed E-state index contributed by atoms with van der Waals surface area (Å²) in [6.07, 6.45) is 90.6. The minimum Gasteiger partial charge on any atom is -0.462 e. The number of unbranched alkanes of at least 4 members (excludes halogenated alkanes) is 42. The van der Waals surface area contributed by atoms with Crippen LogP contribution < -0.4 is 0 Å². The summed E-state index contributed by atoms with van der Waals surface area (Å²) in [6, 6.07) is 0. The Bertz CT molecular complexity index is 1490. The van der Waals surface area contributed by atoms with Gasteiger partial charge in [0.15, 0.2) is 6.10 Å². The summed E-state index contributed by atoms with van der Waals surface area (Å²) in [5.41, 5.74) is 0. The van der Waals surface area contributed by atoms with Crippen LogP contribution in [0.5, 0.6) is 0 Å². The van der Waals surface area contributed by atoms with Crippen molar-refractivity contribution in [2.24, 2.45) is 0 Å². The second-order valence-corrected chi connectivity index (χ2v) is 23.8. The maximum atomic E-state index is 13.0. The molecular weight excluding hydrogens is 997 g/mol. The maximum absolute atomic E-state index is 13.0. The van der Waals surface area contributed by atoms with Crippen LogP contribution in [-0.2, 0) is 28.6 Å². The fourth-order valence-electron chi connectivity index (χ4n) is 10.4. The van der Waals surface area contributed by atoms with E-state index in [0.29, 0.717) is 19.3 Å². The highest BCUT2D eigenvalue weighted by Gasteiger charge is 2.19. The third-order valence-electron chi connectivity index (χ3n) is 15.7. The molecule has 0 fully saturated rings. The molecule has 1 unspecified atom stereocenters. The molecule has 6 nitrogen and oxygen atoms in total. The second-order valence-electron chi connectivity index (χ2n) is 23.8. The highest BCUT2D eigenvalue weighted by Crippen LogP contribution is 2.18. The minimum atomic E-state index is -0.780. The van der Waals surface area contributed by atoms with Gasteiger partial charge in [-0.05, 0) is 89.9 Å². The molecule has 0 aliphatic carbocycles. The lowest BCUT2D eigenvalue weighted by atomic mass is 10.0. The van der Waals surface area contributed by atoms with E-state index in [9.17, 15) is 14.4 Å². The molecule has 0 aromatic heterocycles. The Morgan fingerprint density at radius 3 is 0.753 bits per heavy atom. The Labute approximate surface area is 503 Å². The standard InChI is InChI=1S/C75H134O6/c1-4-7-10-13-16-19-22-25-28-31-34-36-37-39-41-44-47-50-53-56-59-62-65-68-74(77)80-71-72(70-79-73(76)67-64-61-58-55-52-49-46-43-40-33-30-27-24-21-18-15-12-9-6-3)81-75(78)69-66-63-60-57-54-51-48-45-42-38-35-32-29-26-23-20-17-14-11-8-5-2/h7,10,16,19,23,25-26,28,32,34-36,72H,4-6,8-9,11-15,17-18,20-22,24,27,29-31,33,37-71H2,1-3H3/b10-7-,19-16-,26-23-,28-25-,35-32-,36-34-. The molecule has 6 heteroatoms. The number of hydrogen-bond acceptors (Lipinski definition) is 6. The zero-order chi connectivity index (χ0) is 58.5. The van der Waals surface area contributed by atoms with Crippen LogP contribution in [0.4, 0.5) is 0 Å². The molecular formula is C75H134O6. The molecule has 0 saturated heterocycles. The fraction of sp³-hybridized carbons (Fsp3) is 0.800. The summed E-state index contributed by atoms with van der Waals surface area (Å²) in [6.45, 7) is 6.58. The molecule has 470 valence electrons. The topological polar surface area (TPSA) is 78.9 Å². The lowest BCUT2D eigenvalue weighted by Gasteiger charge is -2.18. The smallest absolute Gasteiger partial charge is 0.306 e. The normalized spacial score (nSPS) is 12.5. The van der Waals surface area contributed by atoms with Gasteiger partial charge < -0.3 is 14.2 Å². The van der Waals surface area contributed by atoms with E-state index in [4.69, 9.17) is 14.2 Å². The minimum absolute atomic E-state index is 0.0742. The molecule has 0 aromatic carbocycles. The summed E-state index contributed by atoms with van der Waals surface area (Å²) in [5.74, 6) is -0.859. The average Bonchev–Trinajstić information content (AvgIpc) is 3.47. The molecule has 0 rings (SSSR count). The van der Waals surface area contributed by atoms with Gasteiger partial charge in [0.05, 0.1) is 0 Å². The summed E-state index contributed by atoms with van der Waals surface area (Å²) < 4.78 is 17.0. The van der Waals surface area contributed by atoms with Gasteiger partial charge in [0.25, 0.3) is 0 Å². The number of ether oxygens (including phenoxy) is 3. The van der Waals surface area contributed by atoms with Crippen molar-refractivity contribution in [1.29, 1.82) is 0 Å². The largest absolute Gasteiger partial charge is 0.462 e. The molecule has 0 aliphatic rings. The molecule has 0 heterocycles. The Morgan fingerprint density at radius 2 is 0.481 bits per heavy atom. The van der Waals surface area contributed by atoms with Crippen molar-refractivity contribution >= 4 is 17.9 Å². The molecule has 0 aliphatic heterocycles. The Morgan fingerprint density at radius 1 is 0.259 bits per heavy atom. The number of allylic oxidation sites excluding steroid dienone is 12. The predicted molar refractivity (Wildman–Crippen MR) is 353 cm³/mol. The zero-order valence-corrected chi connectivity index (χ0v) is 54.1. The van der Waals surface area contributed by atoms with E-state index in [1.54, 1.807) is 0 Å². The SMILES string of the molecule is CC/C=C\C/C=C\C/C=C\C/C=C\CCCCCCCCCCCCC(=O)OCC(COC(=O)CCCCCCCCCCCCCCCCCCCCC)OC(=O)CCCCCCCCCCC/C=C\C/C=C\CCCCCCC. The highest BCUT2D eigenvalue weighted by atomic mass is 16.6. The van der Waals surface area contributed by atoms with Gasteiger partial charge in [-0.15, -0.1) is 0 Å². The molecule has 81 heavy (non-hydrogen) atoms. The number of carbonyl (C=O) groups excluding carboxylic acids is 3. The van der Waals surface area contributed by atoms with Crippen molar-refractivity contribution < 1.29 is 28.6 Å². The quantitative estimate of drug-likeness (QED) is 0.0261. The lowest BCUT2D eigenvalue weighted by Crippen LogP contribution is -2.30. The van der Waals surface area contributed by atoms with Gasteiger partial charge in [-0.3, -0.25) is 14.4 Å². The monoisotopic (exact) mass is 1130 g/mol. The molecule has 0 saturated carbocycles. The maximum Gasteiger partial charge on any atom is 0.306 e. The van der Waals surface area contributed by atoms with Crippen molar-refractivity contribution in [3.8, 4) is 0 Å². The first-order valence-corrected chi connectivity index (χ1v) is 35.4. The van der Waals surface area contributed by atoms with E-state index < -0.39 is 6.10 Å². The van der Waals surface area contributed by atoms with Crippen molar-refractivity contribution in [1.82, 2.24) is 0 Å². The number of rotatable bonds is 65. The third kappa shape index (κ3) is 67.5. The van der Waals surface area contributed by atoms with Gasteiger partial charge in [-0.25, -0.2) is 0 Å². The van der Waals surface area contributed by atoms with Crippen molar-refractivity contribution in [2.75, 3.05) is 13.2 Å². The average molecular weight is 1130 g/mol. The second kappa shape index (κ2) is 69.3. The van der Waals surface area contributed by atoms with Gasteiger partial charge >= 0.3 is 17.9 Å². The molecule has 1 atom stereocenters. The Hall–Kier alpha value is -3.15. The molecule has 0 aromatic rings. The lowest BCUT2D eigenvalue weighted by molar-refractivity contribution is -0.167. The van der Waals surface area contributed by atoms with Crippen LogP contribution in [0.2, 0.25) is 0 Å². The van der Waals surface area contributed by atoms with Gasteiger partial charge in [-0.1, -0.05) is 331 Å². The first kappa shape index (κ1) is 77.9. The van der Waals surface area contributed by atoms with E-state index in [1.807, 2.05) is 0 Å². The van der Waals surface area contributed by atoms with Crippen LogP contribution in [0.3, 0.4) is 0 Å². The Balaban J connectivity index is 4.36. The summed E-state index contributed by atoms with van der Waals surface area (Å²) in [4.78, 5) is 38.5. The van der Waals surface area contributed by atoms with Crippen molar-refractivity contribution in [3.63, 3.8) is 0 Å². The van der Waals surface area contributed by atoms with Crippen LogP contribution in [0.15, 0.2) is 72.9 Å². The van der Waals surface area contributed by atoms with Crippen LogP contribution in [0.25, 0.3) is 0 Å². The molecule has 0 spiro atoms. The Kier molecular flexibility index (Phi) is 66.6. The molecule has 0 N–H and O–H groups in total. The van der Waals surface area contributed by atoms with Crippen LogP contribution in [0, 0.1) is 0 Å². The third-order valence-corrected chi connectivity index (χ3v) is 15.7. The van der Waals surface area contributed by atoms with E-state index in [1.165, 1.54) is 238 Å². The van der Waals surface area contributed by atoms with Crippen LogP contribution in [0.1, 0.15) is 367 Å². The number of esters is 3. The summed E-state index contributed by atoms with van der Waals surface area (Å²) in [7, 11) is 0. The predicted octanol–water partition coefficient (Wildman–Crippen LogP) is 24.4. The fourth-order valence-corrected chi connectivity index (χ4v) is 10.4. The van der Waals surface area contributed by atoms with Gasteiger partial charge in [-0.2, -0.15) is 0 Å². The van der Waals surface area contributed by atoms with Crippen LogP contribution in [-0.4, -0.2) is 37.2 Å². The van der Waals surface area contributed by atoms with E-state index in [-0.39, 0.29) is 31.1 Å². The van der Waals surface area contributed by atoms with Gasteiger partial charge in [0, 0.05) is 19.3 Å². The zero-order valence-electron chi connectivity index (χ0n) is 54.1. The molecule has 0 bridgehead atoms. The van der Waals surface area contributed by atoms with Crippen LogP contribution >= 0.6 is 0 Å². The first-order valence-electron chi connectivity index (χ1n) is 35.4. The number of hydrogen-bond donors (Lipinski definition) is 0. The molecule has 0 amide bonds. The molecule has 0 radical (unpaired) electrons. The number of carbonyl (C=O) groups is 3. The van der Waals surface area contributed by atoms with Crippen molar-refractivity contribution in [3.05, 3.63) is 72.9 Å². The highest BCUT2D eigenvalue weighted by molar-refractivity contribution is 5.71. The van der Waals surface area contributed by atoms with E-state index in [0.717, 1.165) is 89.9 Å².